The zero-order valence-electron chi connectivity index (χ0n) is 15.6. The first kappa shape index (κ1) is 19.8. The molecule has 2 aliphatic carbocycles. The van der Waals surface area contributed by atoms with E-state index >= 15 is 0 Å². The number of nitrogens with zero attached hydrogens (tertiary/aromatic N) is 2. The van der Waals surface area contributed by atoms with E-state index in [2.05, 4.69) is 9.97 Å². The molecule has 0 N–H and O–H groups in total. The first-order chi connectivity index (χ1) is 14.1. The minimum Gasteiger partial charge on any atom is -0.299 e. The third-order valence-electron chi connectivity index (χ3n) is 5.01. The Hall–Kier alpha value is -3.53. The van der Waals surface area contributed by atoms with E-state index in [4.69, 9.17) is 0 Å². The second-order valence-corrected chi connectivity index (χ2v) is 8.43. The van der Waals surface area contributed by atoms with Crippen molar-refractivity contribution in [2.75, 3.05) is 0 Å². The van der Waals surface area contributed by atoms with Crippen LogP contribution in [0.4, 0.5) is 0 Å². The Morgan fingerprint density at radius 3 is 1.43 bits per heavy atom. The summed E-state index contributed by atoms with van der Waals surface area (Å²) in [4.78, 5) is 80.3. The summed E-state index contributed by atoms with van der Waals surface area (Å²) in [7, 11) is -1.95. The second-order valence-electron chi connectivity index (χ2n) is 6.95. The van der Waals surface area contributed by atoms with Crippen molar-refractivity contribution >= 4 is 45.5 Å². The van der Waals surface area contributed by atoms with Gasteiger partial charge in [-0.05, 0) is 26.0 Å². The van der Waals surface area contributed by atoms with Crippen LogP contribution in [0.1, 0.15) is 55.5 Å². The van der Waals surface area contributed by atoms with Crippen LogP contribution in [0.5, 0.6) is 0 Å². The molecule has 9 nitrogen and oxygen atoms in total. The molecule has 0 fully saturated rings. The molecule has 0 saturated carbocycles. The summed E-state index contributed by atoms with van der Waals surface area (Å²) >= 11 is 0. The second kappa shape index (κ2) is 6.77. The molecule has 4 rings (SSSR count). The molecule has 2 atom stereocenters. The summed E-state index contributed by atoms with van der Waals surface area (Å²) in [6.07, 6.45) is 2.28. The summed E-state index contributed by atoms with van der Waals surface area (Å²) < 4.78 is 13.0. The molecule has 2 aromatic heterocycles. The molecule has 0 spiro atoms. The zero-order chi connectivity index (χ0) is 21.9. The average Bonchev–Trinajstić information content (AvgIpc) is 3.11. The summed E-state index contributed by atoms with van der Waals surface area (Å²) in [6.45, 7) is 2.27. The molecule has 150 valence electrons. The molecule has 0 saturated heterocycles. The predicted octanol–water partition coefficient (Wildman–Crippen LogP) is 0.812. The fourth-order valence-electron chi connectivity index (χ4n) is 3.56. The standard InChI is InChI=1S/C20H12N2O7S/c1-7(23)13-17(25)11-3-9(5-21-15(11)19(13)27)30(29)10-4-12-16(22-6-10)20(28)14(8(2)24)18(12)26/h3-6,13-14H,1-2H3. The Balaban J connectivity index is 1.72. The molecule has 2 aromatic rings. The molecule has 0 aliphatic heterocycles. The monoisotopic (exact) mass is 424 g/mol. The number of hydrogen-bond acceptors (Lipinski definition) is 9. The van der Waals surface area contributed by atoms with E-state index in [1.54, 1.807) is 0 Å². The van der Waals surface area contributed by atoms with Crippen molar-refractivity contribution in [1.82, 2.24) is 9.97 Å². The fraction of sp³-hybridized carbons (Fsp3) is 0.200. The number of rotatable bonds is 4. The molecule has 10 heteroatoms. The number of carbonyl (C=O) groups excluding carboxylic acids is 6. The third-order valence-corrected chi connectivity index (χ3v) is 6.32. The smallest absolute Gasteiger partial charge is 0.200 e. The van der Waals surface area contributed by atoms with Crippen LogP contribution in [0, 0.1) is 11.8 Å². The van der Waals surface area contributed by atoms with Crippen LogP contribution in [-0.4, -0.2) is 48.9 Å². The van der Waals surface area contributed by atoms with E-state index in [1.807, 2.05) is 0 Å². The molecule has 0 aromatic carbocycles. The number of ketones is 6. The van der Waals surface area contributed by atoms with Crippen LogP contribution in [0.3, 0.4) is 0 Å². The third kappa shape index (κ3) is 2.71. The highest BCUT2D eigenvalue weighted by molar-refractivity contribution is 7.85. The van der Waals surface area contributed by atoms with Gasteiger partial charge in [0.05, 0.1) is 20.6 Å². The summed E-state index contributed by atoms with van der Waals surface area (Å²) in [5, 5.41) is 0. The molecular weight excluding hydrogens is 412 g/mol. The van der Waals surface area contributed by atoms with Crippen LogP contribution in [0.2, 0.25) is 0 Å². The van der Waals surface area contributed by atoms with Crippen molar-refractivity contribution in [3.05, 3.63) is 47.0 Å². The quantitative estimate of drug-likeness (QED) is 0.651. The maximum atomic E-state index is 13.0. The van der Waals surface area contributed by atoms with Gasteiger partial charge in [0.25, 0.3) is 0 Å². The van der Waals surface area contributed by atoms with Crippen LogP contribution in [0.25, 0.3) is 0 Å². The lowest BCUT2D eigenvalue weighted by atomic mass is 10.0. The van der Waals surface area contributed by atoms with Gasteiger partial charge >= 0.3 is 0 Å². The Morgan fingerprint density at radius 2 is 1.10 bits per heavy atom. The first-order valence-electron chi connectivity index (χ1n) is 8.73. The minimum atomic E-state index is -1.95. The lowest BCUT2D eigenvalue weighted by Gasteiger charge is -2.05. The molecule has 0 amide bonds. The summed E-state index contributed by atoms with van der Waals surface area (Å²) in [5.41, 5.74) is -0.498. The zero-order valence-corrected chi connectivity index (χ0v) is 16.4. The number of Topliss-reactive ketones (excluding diaryl/α,β-unsaturated/α-hetero) is 6. The number of hydrogen-bond donors (Lipinski definition) is 0. The molecule has 2 aliphatic rings. The lowest BCUT2D eigenvalue weighted by Crippen LogP contribution is -2.23. The Morgan fingerprint density at radius 1 is 0.733 bits per heavy atom. The van der Waals surface area contributed by atoms with Gasteiger partial charge in [-0.2, -0.15) is 0 Å². The van der Waals surface area contributed by atoms with E-state index in [0.717, 1.165) is 26.2 Å². The Bertz CT molecular complexity index is 1170. The van der Waals surface area contributed by atoms with Crippen LogP contribution >= 0.6 is 0 Å². The highest BCUT2D eigenvalue weighted by Gasteiger charge is 2.44. The van der Waals surface area contributed by atoms with Gasteiger partial charge in [-0.15, -0.1) is 0 Å². The number of pyridine rings is 2. The minimum absolute atomic E-state index is 0.0562. The van der Waals surface area contributed by atoms with Crippen molar-refractivity contribution in [1.29, 1.82) is 0 Å². The molecular formula is C20H12N2O7S. The number of aromatic nitrogens is 2. The molecule has 30 heavy (non-hydrogen) atoms. The summed E-state index contributed by atoms with van der Waals surface area (Å²) in [6, 6.07) is 2.44. The van der Waals surface area contributed by atoms with E-state index in [-0.39, 0.29) is 32.3 Å². The van der Waals surface area contributed by atoms with E-state index < -0.39 is 57.3 Å². The van der Waals surface area contributed by atoms with E-state index in [1.165, 1.54) is 12.1 Å². The van der Waals surface area contributed by atoms with Crippen LogP contribution < -0.4 is 0 Å². The Kier molecular flexibility index (Phi) is 4.46. The highest BCUT2D eigenvalue weighted by atomic mass is 32.2. The van der Waals surface area contributed by atoms with Gasteiger partial charge in [-0.1, -0.05) is 0 Å². The van der Waals surface area contributed by atoms with E-state index in [9.17, 15) is 33.0 Å². The number of carbonyl (C=O) groups is 6. The fourth-order valence-corrected chi connectivity index (χ4v) is 4.58. The van der Waals surface area contributed by atoms with Gasteiger partial charge in [0.2, 0.25) is 0 Å². The number of fused-ring (bicyclic) bond motifs is 2. The molecule has 0 radical (unpaired) electrons. The largest absolute Gasteiger partial charge is 0.299 e. The van der Waals surface area contributed by atoms with Crippen molar-refractivity contribution in [2.45, 2.75) is 23.6 Å². The molecule has 0 bridgehead atoms. The average molecular weight is 424 g/mol. The topological polar surface area (TPSA) is 145 Å². The van der Waals surface area contributed by atoms with Gasteiger partial charge in [-0.3, -0.25) is 38.7 Å². The highest BCUT2D eigenvalue weighted by Crippen LogP contribution is 2.31. The maximum absolute atomic E-state index is 13.0. The molecule has 2 heterocycles. The lowest BCUT2D eigenvalue weighted by molar-refractivity contribution is -0.119. The van der Waals surface area contributed by atoms with E-state index in [0.29, 0.717) is 0 Å². The van der Waals surface area contributed by atoms with Crippen molar-refractivity contribution in [2.24, 2.45) is 11.8 Å². The summed E-state index contributed by atoms with van der Waals surface area (Å²) in [5.74, 6) is -6.88. The van der Waals surface area contributed by atoms with Crippen molar-refractivity contribution in [3.8, 4) is 0 Å². The van der Waals surface area contributed by atoms with Gasteiger partial charge in [-0.25, -0.2) is 4.21 Å². The van der Waals surface area contributed by atoms with Crippen molar-refractivity contribution in [3.63, 3.8) is 0 Å². The van der Waals surface area contributed by atoms with Gasteiger partial charge in [0.1, 0.15) is 34.8 Å². The maximum Gasteiger partial charge on any atom is 0.200 e. The van der Waals surface area contributed by atoms with Crippen LogP contribution in [-0.2, 0) is 20.4 Å². The molecule has 2 unspecified atom stereocenters. The SMILES string of the molecule is CC(=O)C1C(=O)c2cc(S(=O)c3cnc4c(c3)C(=O)C(C(C)=O)C4=O)cnc2C1=O. The van der Waals surface area contributed by atoms with Crippen molar-refractivity contribution < 1.29 is 33.0 Å². The van der Waals surface area contributed by atoms with Gasteiger partial charge in [0.15, 0.2) is 23.1 Å². The first-order valence-corrected chi connectivity index (χ1v) is 9.88. The van der Waals surface area contributed by atoms with Gasteiger partial charge < -0.3 is 0 Å². The van der Waals surface area contributed by atoms with Gasteiger partial charge in [0, 0.05) is 23.5 Å². The Labute approximate surface area is 171 Å². The predicted molar refractivity (Wildman–Crippen MR) is 98.8 cm³/mol. The van der Waals surface area contributed by atoms with Crippen LogP contribution in [0.15, 0.2) is 34.3 Å². The normalized spacial score (nSPS) is 20.9.